The van der Waals surface area contributed by atoms with E-state index in [1.165, 1.54) is 18.5 Å². The third-order valence-electron chi connectivity index (χ3n) is 3.41. The van der Waals surface area contributed by atoms with E-state index in [1.807, 2.05) is 13.8 Å². The van der Waals surface area contributed by atoms with Crippen molar-refractivity contribution in [1.82, 2.24) is 29.5 Å². The van der Waals surface area contributed by atoms with Gasteiger partial charge in [-0.2, -0.15) is 10.2 Å². The van der Waals surface area contributed by atoms with Crippen LogP contribution in [0.1, 0.15) is 31.5 Å². The molecule has 0 saturated heterocycles. The van der Waals surface area contributed by atoms with Crippen LogP contribution in [0.4, 0.5) is 4.39 Å². The number of halogens is 1. The Bertz CT molecular complexity index is 770. The molecule has 0 amide bonds. The summed E-state index contributed by atoms with van der Waals surface area (Å²) in [6, 6.07) is 5.90. The highest BCUT2D eigenvalue weighted by atomic mass is 19.1. The van der Waals surface area contributed by atoms with Gasteiger partial charge >= 0.3 is 0 Å². The number of aryl methyl sites for hydroxylation is 1. The van der Waals surface area contributed by atoms with Crippen LogP contribution in [-0.4, -0.2) is 29.5 Å². The molecule has 8 heteroatoms. The minimum absolute atomic E-state index is 0.0899. The number of hydrogen-bond acceptors (Lipinski definition) is 5. The van der Waals surface area contributed by atoms with E-state index in [1.54, 1.807) is 27.8 Å². The number of benzene rings is 1. The van der Waals surface area contributed by atoms with Gasteiger partial charge in [-0.1, -0.05) is 6.07 Å². The first-order chi connectivity index (χ1) is 11.2. The number of hydrogen-bond donors (Lipinski definition) is 0. The van der Waals surface area contributed by atoms with Crippen molar-refractivity contribution in [2.75, 3.05) is 0 Å². The summed E-state index contributed by atoms with van der Waals surface area (Å²) >= 11 is 0. The van der Waals surface area contributed by atoms with Gasteiger partial charge in [-0.3, -0.25) is 0 Å². The van der Waals surface area contributed by atoms with Gasteiger partial charge in [0.2, 0.25) is 0 Å². The highest BCUT2D eigenvalue weighted by molar-refractivity contribution is 5.22. The molecule has 1 atom stereocenters. The quantitative estimate of drug-likeness (QED) is 0.697. The zero-order chi connectivity index (χ0) is 16.2. The molecule has 0 bridgehead atoms. The molecule has 1 aromatic carbocycles. The highest BCUT2D eigenvalue weighted by Gasteiger charge is 2.18. The molecule has 23 heavy (non-hydrogen) atoms. The second-order valence-electron chi connectivity index (χ2n) is 5.00. The number of ether oxygens (including phenoxy) is 1. The van der Waals surface area contributed by atoms with Crippen molar-refractivity contribution in [2.24, 2.45) is 0 Å². The summed E-state index contributed by atoms with van der Waals surface area (Å²) in [7, 11) is 0. The maximum Gasteiger partial charge on any atom is 0.188 e. The Morgan fingerprint density at radius 2 is 2.22 bits per heavy atom. The second-order valence-corrected chi connectivity index (χ2v) is 5.00. The lowest BCUT2D eigenvalue weighted by molar-refractivity contribution is 0.293. The summed E-state index contributed by atoms with van der Waals surface area (Å²) < 4.78 is 22.2. The van der Waals surface area contributed by atoms with Crippen molar-refractivity contribution >= 4 is 0 Å². The first-order valence-corrected chi connectivity index (χ1v) is 7.33. The summed E-state index contributed by atoms with van der Waals surface area (Å²) in [5.41, 5.74) is 0. The molecule has 0 spiro atoms. The van der Waals surface area contributed by atoms with Gasteiger partial charge in [-0.15, -0.1) is 0 Å². The van der Waals surface area contributed by atoms with Gasteiger partial charge in [-0.05, 0) is 26.0 Å². The Hall–Kier alpha value is -2.77. The summed E-state index contributed by atoms with van der Waals surface area (Å²) in [4.78, 5) is 8.47. The van der Waals surface area contributed by atoms with Gasteiger partial charge in [0, 0.05) is 12.6 Å². The molecule has 2 aromatic heterocycles. The number of rotatable bonds is 6. The van der Waals surface area contributed by atoms with Gasteiger partial charge < -0.3 is 4.74 Å². The average Bonchev–Trinajstić information content (AvgIpc) is 3.22. The van der Waals surface area contributed by atoms with Crippen molar-refractivity contribution in [2.45, 2.75) is 33.0 Å². The second kappa shape index (κ2) is 6.55. The normalized spacial score (nSPS) is 12.3. The largest absolute Gasteiger partial charge is 0.485 e. The molecular formula is C15H17FN6O. The molecule has 2 heterocycles. The van der Waals surface area contributed by atoms with Crippen molar-refractivity contribution in [3.8, 4) is 5.75 Å². The molecule has 0 aliphatic rings. The molecule has 120 valence electrons. The van der Waals surface area contributed by atoms with E-state index in [0.29, 0.717) is 18.1 Å². The minimum Gasteiger partial charge on any atom is -0.485 e. The fourth-order valence-electron chi connectivity index (χ4n) is 2.25. The summed E-state index contributed by atoms with van der Waals surface area (Å²) in [5, 5.41) is 8.55. The zero-order valence-corrected chi connectivity index (χ0v) is 12.9. The van der Waals surface area contributed by atoms with Crippen LogP contribution in [0, 0.1) is 5.82 Å². The Balaban J connectivity index is 1.76. The first-order valence-electron chi connectivity index (χ1n) is 7.33. The predicted molar refractivity (Wildman–Crippen MR) is 80.3 cm³/mol. The lowest BCUT2D eigenvalue weighted by atomic mass is 10.3. The van der Waals surface area contributed by atoms with E-state index in [0.717, 1.165) is 5.82 Å². The minimum atomic E-state index is -0.338. The van der Waals surface area contributed by atoms with E-state index >= 15 is 0 Å². The monoisotopic (exact) mass is 316 g/mol. The van der Waals surface area contributed by atoms with Crippen molar-refractivity contribution in [1.29, 1.82) is 0 Å². The SMILES string of the molecule is CCn1nc(COc2cccc(F)c2)nc1[C@H](C)n1cncn1. The number of nitrogens with zero attached hydrogens (tertiary/aromatic N) is 6. The fraction of sp³-hybridized carbons (Fsp3) is 0.333. The van der Waals surface area contributed by atoms with Crippen molar-refractivity contribution in [3.63, 3.8) is 0 Å². The Labute approximate surface area is 132 Å². The molecule has 0 aliphatic heterocycles. The predicted octanol–water partition coefficient (Wildman–Crippen LogP) is 2.22. The topological polar surface area (TPSA) is 70.7 Å². The fourth-order valence-corrected chi connectivity index (χ4v) is 2.25. The van der Waals surface area contributed by atoms with E-state index in [9.17, 15) is 4.39 Å². The first kappa shape index (κ1) is 15.1. The molecule has 0 radical (unpaired) electrons. The molecule has 0 N–H and O–H groups in total. The summed E-state index contributed by atoms with van der Waals surface area (Å²) in [6.45, 7) is 4.82. The Morgan fingerprint density at radius 3 is 2.91 bits per heavy atom. The van der Waals surface area contributed by atoms with Crippen LogP contribution in [0.3, 0.4) is 0 Å². The average molecular weight is 316 g/mol. The van der Waals surface area contributed by atoms with Gasteiger partial charge in [0.1, 0.15) is 36.9 Å². The van der Waals surface area contributed by atoms with Gasteiger partial charge in [0.25, 0.3) is 0 Å². The zero-order valence-electron chi connectivity index (χ0n) is 12.9. The smallest absolute Gasteiger partial charge is 0.188 e. The molecule has 0 unspecified atom stereocenters. The molecule has 0 saturated carbocycles. The molecule has 0 aliphatic carbocycles. The molecule has 3 aromatic rings. The van der Waals surface area contributed by atoms with E-state index < -0.39 is 0 Å². The summed E-state index contributed by atoms with van der Waals surface area (Å²) in [6.07, 6.45) is 3.12. The van der Waals surface area contributed by atoms with Crippen LogP contribution in [0.25, 0.3) is 0 Å². The molecule has 3 rings (SSSR count). The lowest BCUT2D eigenvalue weighted by Crippen LogP contribution is -2.14. The van der Waals surface area contributed by atoms with Crippen molar-refractivity contribution in [3.05, 3.63) is 54.4 Å². The van der Waals surface area contributed by atoms with Gasteiger partial charge in [0.15, 0.2) is 11.6 Å². The van der Waals surface area contributed by atoms with E-state index in [2.05, 4.69) is 20.2 Å². The number of aromatic nitrogens is 6. The van der Waals surface area contributed by atoms with Crippen LogP contribution >= 0.6 is 0 Å². The van der Waals surface area contributed by atoms with Gasteiger partial charge in [0.05, 0.1) is 0 Å². The third kappa shape index (κ3) is 3.36. The molecule has 0 fully saturated rings. The standard InChI is InChI=1S/C15H17FN6O/c1-3-21-15(11(2)22-10-17-9-18-22)19-14(20-21)8-23-13-6-4-5-12(16)7-13/h4-7,9-11H,3,8H2,1-2H3/t11-/m0/s1. The van der Waals surface area contributed by atoms with Crippen molar-refractivity contribution < 1.29 is 9.13 Å². The molecular weight excluding hydrogens is 299 g/mol. The Morgan fingerprint density at radius 1 is 1.35 bits per heavy atom. The maximum atomic E-state index is 13.1. The highest BCUT2D eigenvalue weighted by Crippen LogP contribution is 2.17. The van der Waals surface area contributed by atoms with E-state index in [4.69, 9.17) is 4.74 Å². The van der Waals surface area contributed by atoms with Crippen LogP contribution in [0.15, 0.2) is 36.9 Å². The third-order valence-corrected chi connectivity index (χ3v) is 3.41. The van der Waals surface area contributed by atoms with Crippen LogP contribution in [-0.2, 0) is 13.2 Å². The van der Waals surface area contributed by atoms with Crippen LogP contribution in [0.5, 0.6) is 5.75 Å². The van der Waals surface area contributed by atoms with Crippen LogP contribution in [0.2, 0.25) is 0 Å². The van der Waals surface area contributed by atoms with Crippen LogP contribution < -0.4 is 4.74 Å². The molecule has 7 nitrogen and oxygen atoms in total. The summed E-state index contributed by atoms with van der Waals surface area (Å²) in [5.74, 6) is 1.42. The Kier molecular flexibility index (Phi) is 4.31. The van der Waals surface area contributed by atoms with Gasteiger partial charge in [-0.25, -0.2) is 23.7 Å². The lowest BCUT2D eigenvalue weighted by Gasteiger charge is -2.10. The van der Waals surface area contributed by atoms with E-state index in [-0.39, 0.29) is 18.5 Å². The maximum absolute atomic E-state index is 13.1.